The minimum atomic E-state index is -0.328. The van der Waals surface area contributed by atoms with Gasteiger partial charge in [0.15, 0.2) is 5.11 Å². The number of carbonyl (C=O) groups excluding carboxylic acids is 1. The summed E-state index contributed by atoms with van der Waals surface area (Å²) >= 11 is 8.67. The molecular weight excluding hydrogens is 480 g/mol. The third kappa shape index (κ3) is 7.06. The van der Waals surface area contributed by atoms with E-state index in [0.717, 1.165) is 11.4 Å². The van der Waals surface area contributed by atoms with Crippen LogP contribution in [-0.2, 0) is 4.74 Å². The molecule has 0 fully saturated rings. The zero-order valence-electron chi connectivity index (χ0n) is 16.8. The third-order valence-electron chi connectivity index (χ3n) is 4.06. The number of hydrogen-bond donors (Lipinski definition) is 2. The third-order valence-corrected chi connectivity index (χ3v) is 4.88. The number of benzene rings is 3. The number of thiocarbonyl (C=S) groups is 1. The Morgan fingerprint density at radius 3 is 2.35 bits per heavy atom. The normalized spacial score (nSPS) is 10.3. The summed E-state index contributed by atoms with van der Waals surface area (Å²) in [5.74, 6) is 1.76. The Morgan fingerprint density at radius 2 is 1.68 bits per heavy atom. The van der Waals surface area contributed by atoms with Crippen LogP contribution in [0.1, 0.15) is 10.4 Å². The number of rotatable bonds is 8. The van der Waals surface area contributed by atoms with Crippen LogP contribution in [0.2, 0.25) is 0 Å². The predicted octanol–water partition coefficient (Wildman–Crippen LogP) is 5.39. The van der Waals surface area contributed by atoms with Crippen molar-refractivity contribution >= 4 is 44.9 Å². The Bertz CT molecular complexity index is 1030. The largest absolute Gasteiger partial charge is 0.490 e. The van der Waals surface area contributed by atoms with Crippen LogP contribution < -0.4 is 20.1 Å². The molecule has 8 heteroatoms. The summed E-state index contributed by atoms with van der Waals surface area (Å²) in [6.07, 6.45) is 0. The van der Waals surface area contributed by atoms with Crippen LogP contribution in [0.3, 0.4) is 0 Å². The van der Waals surface area contributed by atoms with Crippen LogP contribution in [0.5, 0.6) is 17.2 Å². The van der Waals surface area contributed by atoms with Crippen LogP contribution in [0.4, 0.5) is 5.69 Å². The lowest BCUT2D eigenvalue weighted by atomic mass is 10.2. The van der Waals surface area contributed by atoms with E-state index in [1.54, 1.807) is 25.3 Å². The quantitative estimate of drug-likeness (QED) is 0.319. The summed E-state index contributed by atoms with van der Waals surface area (Å²) in [6.45, 7) is 0.901. The van der Waals surface area contributed by atoms with Gasteiger partial charge in [0.2, 0.25) is 0 Å². The van der Waals surface area contributed by atoms with Crippen molar-refractivity contribution in [1.82, 2.24) is 5.32 Å². The number of methoxy groups -OCH3 is 1. The smallest absolute Gasteiger partial charge is 0.257 e. The van der Waals surface area contributed by atoms with Crippen molar-refractivity contribution in [3.63, 3.8) is 0 Å². The maximum absolute atomic E-state index is 12.5. The minimum absolute atomic E-state index is 0.193. The first-order valence-electron chi connectivity index (χ1n) is 9.42. The van der Waals surface area contributed by atoms with Crippen LogP contribution in [0.25, 0.3) is 0 Å². The molecule has 0 aliphatic carbocycles. The monoisotopic (exact) mass is 500 g/mol. The molecule has 0 bridgehead atoms. The van der Waals surface area contributed by atoms with Crippen molar-refractivity contribution in [3.05, 3.63) is 82.8 Å². The summed E-state index contributed by atoms with van der Waals surface area (Å²) in [6, 6.07) is 21.9. The number of nitrogens with one attached hydrogen (secondary N) is 2. The van der Waals surface area contributed by atoms with Gasteiger partial charge in [0.05, 0.1) is 11.1 Å². The molecular formula is C23H21BrN2O4S. The van der Waals surface area contributed by atoms with Crippen LogP contribution in [0.15, 0.2) is 77.3 Å². The molecule has 0 atom stereocenters. The molecule has 0 radical (unpaired) electrons. The second-order valence-corrected chi connectivity index (χ2v) is 7.60. The second-order valence-electron chi connectivity index (χ2n) is 6.33. The molecule has 31 heavy (non-hydrogen) atoms. The minimum Gasteiger partial charge on any atom is -0.490 e. The van der Waals surface area contributed by atoms with E-state index in [1.165, 1.54) is 0 Å². The SMILES string of the molecule is COCCOc1ccc(C(=O)NC(=S)Nc2ccc(Oc3ccccc3)cc2)cc1Br. The Morgan fingerprint density at radius 1 is 0.968 bits per heavy atom. The number of carbonyl (C=O) groups is 1. The Balaban J connectivity index is 1.53. The van der Waals surface area contributed by atoms with Gasteiger partial charge in [0.25, 0.3) is 5.91 Å². The van der Waals surface area contributed by atoms with Gasteiger partial charge in [-0.05, 0) is 82.7 Å². The summed E-state index contributed by atoms with van der Waals surface area (Å²) in [5.41, 5.74) is 1.18. The molecule has 160 valence electrons. The van der Waals surface area contributed by atoms with Crippen molar-refractivity contribution in [2.24, 2.45) is 0 Å². The fourth-order valence-corrected chi connectivity index (χ4v) is 3.27. The van der Waals surface area contributed by atoms with Crippen LogP contribution >= 0.6 is 28.1 Å². The molecule has 0 heterocycles. The second kappa shape index (κ2) is 11.5. The Hall–Kier alpha value is -2.94. The van der Waals surface area contributed by atoms with Crippen molar-refractivity contribution < 1.29 is 19.0 Å². The Kier molecular flexibility index (Phi) is 8.40. The lowest BCUT2D eigenvalue weighted by molar-refractivity contribution is 0.0977. The number of ether oxygens (including phenoxy) is 3. The Labute approximate surface area is 194 Å². The van der Waals surface area contributed by atoms with E-state index in [4.69, 9.17) is 26.4 Å². The average Bonchev–Trinajstić information content (AvgIpc) is 2.77. The van der Waals surface area contributed by atoms with Crippen molar-refractivity contribution in [3.8, 4) is 17.2 Å². The predicted molar refractivity (Wildman–Crippen MR) is 128 cm³/mol. The molecule has 3 rings (SSSR count). The van der Waals surface area contributed by atoms with Gasteiger partial charge in [-0.15, -0.1) is 0 Å². The van der Waals surface area contributed by atoms with Crippen LogP contribution in [0, 0.1) is 0 Å². The summed E-state index contributed by atoms with van der Waals surface area (Å²) < 4.78 is 17.0. The highest BCUT2D eigenvalue weighted by molar-refractivity contribution is 9.10. The summed E-state index contributed by atoms with van der Waals surface area (Å²) in [5, 5.41) is 5.85. The zero-order valence-corrected chi connectivity index (χ0v) is 19.2. The first-order chi connectivity index (χ1) is 15.0. The van der Waals surface area contributed by atoms with Gasteiger partial charge >= 0.3 is 0 Å². The topological polar surface area (TPSA) is 68.8 Å². The van der Waals surface area contributed by atoms with E-state index in [1.807, 2.05) is 54.6 Å². The van der Waals surface area contributed by atoms with Gasteiger partial charge in [-0.1, -0.05) is 18.2 Å². The highest BCUT2D eigenvalue weighted by Crippen LogP contribution is 2.26. The fraction of sp³-hybridized carbons (Fsp3) is 0.130. The van der Waals surface area contributed by atoms with E-state index in [0.29, 0.717) is 34.7 Å². The molecule has 1 amide bonds. The molecule has 0 unspecified atom stereocenters. The average molecular weight is 501 g/mol. The number of hydrogen-bond acceptors (Lipinski definition) is 5. The van der Waals surface area contributed by atoms with Crippen molar-refractivity contribution in [2.75, 3.05) is 25.6 Å². The molecule has 0 spiro atoms. The van der Waals surface area contributed by atoms with E-state index >= 15 is 0 Å². The van der Waals surface area contributed by atoms with Crippen LogP contribution in [-0.4, -0.2) is 31.3 Å². The lowest BCUT2D eigenvalue weighted by Crippen LogP contribution is -2.34. The molecule has 3 aromatic carbocycles. The van der Waals surface area contributed by atoms with Gasteiger partial charge in [0, 0.05) is 18.4 Å². The first kappa shape index (κ1) is 22.7. The zero-order chi connectivity index (χ0) is 22.1. The number of anilines is 1. The lowest BCUT2D eigenvalue weighted by Gasteiger charge is -2.12. The molecule has 0 aliphatic rings. The van der Waals surface area contributed by atoms with Crippen molar-refractivity contribution in [2.45, 2.75) is 0 Å². The highest BCUT2D eigenvalue weighted by atomic mass is 79.9. The van der Waals surface area contributed by atoms with Gasteiger partial charge in [-0.2, -0.15) is 0 Å². The van der Waals surface area contributed by atoms with E-state index < -0.39 is 0 Å². The van der Waals surface area contributed by atoms with Gasteiger partial charge in [0.1, 0.15) is 23.9 Å². The van der Waals surface area contributed by atoms with Gasteiger partial charge in [-0.3, -0.25) is 10.1 Å². The van der Waals surface area contributed by atoms with E-state index in [-0.39, 0.29) is 11.0 Å². The molecule has 0 aromatic heterocycles. The van der Waals surface area contributed by atoms with E-state index in [2.05, 4.69) is 26.6 Å². The van der Waals surface area contributed by atoms with Gasteiger partial charge < -0.3 is 19.5 Å². The summed E-state index contributed by atoms with van der Waals surface area (Å²) in [7, 11) is 1.61. The maximum Gasteiger partial charge on any atom is 0.257 e. The molecule has 2 N–H and O–H groups in total. The highest BCUT2D eigenvalue weighted by Gasteiger charge is 2.11. The fourth-order valence-electron chi connectivity index (χ4n) is 2.56. The number of halogens is 1. The number of amides is 1. The molecule has 0 saturated carbocycles. The molecule has 3 aromatic rings. The first-order valence-corrected chi connectivity index (χ1v) is 10.6. The molecule has 0 aliphatic heterocycles. The number of para-hydroxylation sites is 1. The maximum atomic E-state index is 12.5. The molecule has 0 saturated heterocycles. The summed E-state index contributed by atoms with van der Waals surface area (Å²) in [4.78, 5) is 12.5. The van der Waals surface area contributed by atoms with Gasteiger partial charge in [-0.25, -0.2) is 0 Å². The van der Waals surface area contributed by atoms with Crippen molar-refractivity contribution in [1.29, 1.82) is 0 Å². The molecule has 6 nitrogen and oxygen atoms in total. The standard InChI is InChI=1S/C23H21BrN2O4S/c1-28-13-14-29-21-12-7-16(15-20(21)24)22(27)26-23(31)25-17-8-10-19(11-9-17)30-18-5-3-2-4-6-18/h2-12,15H,13-14H2,1H3,(H2,25,26,27,31). The van der Waals surface area contributed by atoms with E-state index in [9.17, 15) is 4.79 Å².